The number of hydrogen-bond acceptors (Lipinski definition) is 2. The zero-order chi connectivity index (χ0) is 14.2. The third-order valence-corrected chi connectivity index (χ3v) is 5.27. The van der Waals surface area contributed by atoms with Gasteiger partial charge in [0.15, 0.2) is 0 Å². The van der Waals surface area contributed by atoms with Crippen LogP contribution in [0.2, 0.25) is 0 Å². The Balaban J connectivity index is 2.03. The van der Waals surface area contributed by atoms with Crippen LogP contribution in [0.5, 0.6) is 0 Å². The maximum Gasteiger partial charge on any atom is 0.0994 e. The van der Waals surface area contributed by atoms with Gasteiger partial charge in [0, 0.05) is 27.5 Å². The zero-order valence-electron chi connectivity index (χ0n) is 12.0. The number of halogens is 1. The van der Waals surface area contributed by atoms with Crippen molar-refractivity contribution in [3.63, 3.8) is 0 Å². The Bertz CT molecular complexity index is 612. The van der Waals surface area contributed by atoms with E-state index < -0.39 is 0 Å². The molecule has 2 aromatic rings. The standard InChI is InChI=1S/C16H20BrN3/c1-12-9-13(3-4-14(12)17)20-11-19-10-15(20)16(2)5-7-18-8-6-16/h3-4,9-11,18H,5-8H2,1-2H3. The number of benzene rings is 1. The largest absolute Gasteiger partial charge is 0.317 e. The lowest BCUT2D eigenvalue weighted by molar-refractivity contribution is 0.324. The first-order chi connectivity index (χ1) is 9.60. The molecule has 106 valence electrons. The van der Waals surface area contributed by atoms with Gasteiger partial charge in [-0.1, -0.05) is 22.9 Å². The first kappa shape index (κ1) is 13.8. The van der Waals surface area contributed by atoms with E-state index in [9.17, 15) is 0 Å². The fraction of sp³-hybridized carbons (Fsp3) is 0.438. The first-order valence-corrected chi connectivity index (χ1v) is 7.89. The highest BCUT2D eigenvalue weighted by Gasteiger charge is 2.31. The molecule has 4 heteroatoms. The van der Waals surface area contributed by atoms with Crippen molar-refractivity contribution in [3.8, 4) is 5.69 Å². The van der Waals surface area contributed by atoms with Gasteiger partial charge >= 0.3 is 0 Å². The molecule has 1 aliphatic rings. The van der Waals surface area contributed by atoms with Crippen LogP contribution in [-0.4, -0.2) is 22.6 Å². The number of aromatic nitrogens is 2. The minimum absolute atomic E-state index is 0.211. The van der Waals surface area contributed by atoms with E-state index in [2.05, 4.69) is 62.8 Å². The zero-order valence-corrected chi connectivity index (χ0v) is 13.6. The lowest BCUT2D eigenvalue weighted by Crippen LogP contribution is -2.38. The van der Waals surface area contributed by atoms with Crippen molar-refractivity contribution in [1.29, 1.82) is 0 Å². The molecule has 3 nitrogen and oxygen atoms in total. The highest BCUT2D eigenvalue weighted by atomic mass is 79.9. The van der Waals surface area contributed by atoms with Crippen LogP contribution in [0, 0.1) is 6.92 Å². The smallest absolute Gasteiger partial charge is 0.0994 e. The molecule has 0 aliphatic carbocycles. The van der Waals surface area contributed by atoms with Crippen molar-refractivity contribution >= 4 is 15.9 Å². The summed E-state index contributed by atoms with van der Waals surface area (Å²) in [5.74, 6) is 0. The van der Waals surface area contributed by atoms with Gasteiger partial charge < -0.3 is 9.88 Å². The van der Waals surface area contributed by atoms with E-state index in [0.717, 1.165) is 30.4 Å². The second-order valence-corrected chi connectivity index (χ2v) is 6.75. The SMILES string of the molecule is Cc1cc(-n2cncc2C2(C)CCNCC2)ccc1Br. The minimum Gasteiger partial charge on any atom is -0.317 e. The summed E-state index contributed by atoms with van der Waals surface area (Å²) in [6.45, 7) is 6.64. The maximum absolute atomic E-state index is 4.40. The monoisotopic (exact) mass is 333 g/mol. The Hall–Kier alpha value is -1.13. The maximum atomic E-state index is 4.40. The normalized spacial score (nSPS) is 18.1. The Morgan fingerprint density at radius 3 is 2.75 bits per heavy atom. The molecule has 1 N–H and O–H groups in total. The number of rotatable bonds is 2. The molecule has 1 saturated heterocycles. The van der Waals surface area contributed by atoms with Crippen molar-refractivity contribution in [2.45, 2.75) is 32.1 Å². The molecular formula is C16H20BrN3. The molecule has 0 spiro atoms. The molecule has 1 fully saturated rings. The molecule has 3 rings (SSSR count). The molecule has 1 aliphatic heterocycles. The van der Waals surface area contributed by atoms with Gasteiger partial charge in [0.25, 0.3) is 0 Å². The lowest BCUT2D eigenvalue weighted by Gasteiger charge is -2.34. The summed E-state index contributed by atoms with van der Waals surface area (Å²) in [6.07, 6.45) is 6.29. The summed E-state index contributed by atoms with van der Waals surface area (Å²) in [6, 6.07) is 6.46. The molecule has 0 unspecified atom stereocenters. The van der Waals surface area contributed by atoms with E-state index >= 15 is 0 Å². The Labute approximate surface area is 128 Å². The second kappa shape index (κ2) is 5.34. The first-order valence-electron chi connectivity index (χ1n) is 7.10. The molecule has 20 heavy (non-hydrogen) atoms. The van der Waals surface area contributed by atoms with E-state index in [1.54, 1.807) is 0 Å². The number of nitrogens with zero attached hydrogens (tertiary/aromatic N) is 2. The summed E-state index contributed by atoms with van der Waals surface area (Å²) in [7, 11) is 0. The minimum atomic E-state index is 0.211. The van der Waals surface area contributed by atoms with Crippen LogP contribution in [0.25, 0.3) is 5.69 Å². The van der Waals surface area contributed by atoms with Gasteiger partial charge in [0.1, 0.15) is 0 Å². The predicted molar refractivity (Wildman–Crippen MR) is 85.5 cm³/mol. The van der Waals surface area contributed by atoms with Gasteiger partial charge in [-0.25, -0.2) is 4.98 Å². The van der Waals surface area contributed by atoms with Crippen molar-refractivity contribution in [3.05, 3.63) is 46.5 Å². The number of imidazole rings is 1. The van der Waals surface area contributed by atoms with E-state index in [0.29, 0.717) is 0 Å². The van der Waals surface area contributed by atoms with E-state index in [4.69, 9.17) is 0 Å². The Morgan fingerprint density at radius 1 is 1.30 bits per heavy atom. The average Bonchev–Trinajstić information content (AvgIpc) is 2.93. The van der Waals surface area contributed by atoms with Crippen LogP contribution >= 0.6 is 15.9 Å². The quantitative estimate of drug-likeness (QED) is 0.910. The fourth-order valence-electron chi connectivity index (χ4n) is 2.96. The van der Waals surface area contributed by atoms with Crippen molar-refractivity contribution in [1.82, 2.24) is 14.9 Å². The average molecular weight is 334 g/mol. The van der Waals surface area contributed by atoms with Crippen LogP contribution in [-0.2, 0) is 5.41 Å². The summed E-state index contributed by atoms with van der Waals surface area (Å²) in [4.78, 5) is 4.40. The molecule has 0 amide bonds. The molecule has 2 heterocycles. The summed E-state index contributed by atoms with van der Waals surface area (Å²) < 4.78 is 3.39. The molecule has 0 saturated carbocycles. The molecule has 1 aromatic heterocycles. The lowest BCUT2D eigenvalue weighted by atomic mass is 9.78. The third kappa shape index (κ3) is 2.42. The van der Waals surface area contributed by atoms with Crippen LogP contribution in [0.3, 0.4) is 0 Å². The molecular weight excluding hydrogens is 314 g/mol. The highest BCUT2D eigenvalue weighted by Crippen LogP contribution is 2.34. The number of nitrogens with one attached hydrogen (secondary N) is 1. The molecule has 1 aromatic carbocycles. The topological polar surface area (TPSA) is 29.9 Å². The number of aryl methyl sites for hydroxylation is 1. The number of hydrogen-bond donors (Lipinski definition) is 1. The molecule has 0 atom stereocenters. The summed E-state index contributed by atoms with van der Waals surface area (Å²) in [5, 5.41) is 3.44. The van der Waals surface area contributed by atoms with Crippen molar-refractivity contribution in [2.75, 3.05) is 13.1 Å². The van der Waals surface area contributed by atoms with Crippen molar-refractivity contribution < 1.29 is 0 Å². The Morgan fingerprint density at radius 2 is 2.05 bits per heavy atom. The van der Waals surface area contributed by atoms with E-state index in [1.807, 2.05) is 12.5 Å². The van der Waals surface area contributed by atoms with Crippen LogP contribution in [0.4, 0.5) is 0 Å². The summed E-state index contributed by atoms with van der Waals surface area (Å²) >= 11 is 3.57. The van der Waals surface area contributed by atoms with Gasteiger partial charge in [0.05, 0.1) is 6.33 Å². The molecule has 0 radical (unpaired) electrons. The van der Waals surface area contributed by atoms with Gasteiger partial charge in [0.2, 0.25) is 0 Å². The fourth-order valence-corrected chi connectivity index (χ4v) is 3.21. The highest BCUT2D eigenvalue weighted by molar-refractivity contribution is 9.10. The van der Waals surface area contributed by atoms with E-state index in [1.165, 1.54) is 16.9 Å². The number of piperidine rings is 1. The van der Waals surface area contributed by atoms with E-state index in [-0.39, 0.29) is 5.41 Å². The second-order valence-electron chi connectivity index (χ2n) is 5.89. The summed E-state index contributed by atoms with van der Waals surface area (Å²) in [5.41, 5.74) is 3.97. The van der Waals surface area contributed by atoms with Crippen LogP contribution in [0.15, 0.2) is 35.2 Å². The van der Waals surface area contributed by atoms with Gasteiger partial charge in [-0.2, -0.15) is 0 Å². The van der Waals surface area contributed by atoms with Gasteiger partial charge in [-0.3, -0.25) is 0 Å². The molecule has 0 bridgehead atoms. The van der Waals surface area contributed by atoms with Crippen LogP contribution in [0.1, 0.15) is 31.0 Å². The van der Waals surface area contributed by atoms with Gasteiger partial charge in [-0.05, 0) is 56.6 Å². The van der Waals surface area contributed by atoms with Crippen LogP contribution < -0.4 is 5.32 Å². The van der Waals surface area contributed by atoms with Crippen molar-refractivity contribution in [2.24, 2.45) is 0 Å². The van der Waals surface area contributed by atoms with Gasteiger partial charge in [-0.15, -0.1) is 0 Å². The predicted octanol–water partition coefficient (Wildman–Crippen LogP) is 3.58. The Kier molecular flexibility index (Phi) is 3.69. The third-order valence-electron chi connectivity index (χ3n) is 4.38.